The molecule has 1 unspecified atom stereocenters. The van der Waals surface area contributed by atoms with Crippen molar-refractivity contribution in [2.24, 2.45) is 0 Å². The normalized spacial score (nSPS) is 18.2. The zero-order valence-electron chi connectivity index (χ0n) is 13.7. The molecule has 24 heavy (non-hydrogen) atoms. The molecule has 2 aromatic rings. The molecule has 1 N–H and O–H groups in total. The number of hydrogen-bond donors (Lipinski definition) is 1. The standard InChI is InChI=1S/C19H21FN2O2/c1-19(18(23)24,15-7-3-2-4-8-15)22-13-11-21(12-14-22)17-10-6-5-9-16(17)20/h2-10H,11-14H2,1H3,(H,23,24). The molecule has 1 aliphatic heterocycles. The second-order valence-electron chi connectivity index (χ2n) is 6.17. The van der Waals surface area contributed by atoms with Crippen molar-refractivity contribution in [3.63, 3.8) is 0 Å². The van der Waals surface area contributed by atoms with Crippen LogP contribution < -0.4 is 4.90 Å². The Morgan fingerprint density at radius 3 is 2.17 bits per heavy atom. The van der Waals surface area contributed by atoms with Gasteiger partial charge in [0.1, 0.15) is 11.4 Å². The van der Waals surface area contributed by atoms with E-state index >= 15 is 0 Å². The number of anilines is 1. The van der Waals surface area contributed by atoms with E-state index in [1.807, 2.05) is 46.2 Å². The Bertz CT molecular complexity index is 714. The van der Waals surface area contributed by atoms with Gasteiger partial charge in [-0.15, -0.1) is 0 Å². The van der Waals surface area contributed by atoms with Crippen LogP contribution >= 0.6 is 0 Å². The zero-order valence-corrected chi connectivity index (χ0v) is 13.7. The molecule has 1 atom stereocenters. The van der Waals surface area contributed by atoms with Crippen molar-refractivity contribution in [3.8, 4) is 0 Å². The number of carboxylic acid groups (broad SMARTS) is 1. The quantitative estimate of drug-likeness (QED) is 0.937. The molecule has 4 nitrogen and oxygen atoms in total. The molecule has 5 heteroatoms. The van der Waals surface area contributed by atoms with Gasteiger partial charge in [0.25, 0.3) is 0 Å². The number of para-hydroxylation sites is 1. The Hall–Kier alpha value is -2.40. The maximum Gasteiger partial charge on any atom is 0.328 e. The van der Waals surface area contributed by atoms with E-state index in [2.05, 4.69) is 0 Å². The summed E-state index contributed by atoms with van der Waals surface area (Å²) >= 11 is 0. The average Bonchev–Trinajstić information content (AvgIpc) is 2.62. The number of piperazine rings is 1. The summed E-state index contributed by atoms with van der Waals surface area (Å²) in [6.07, 6.45) is 0. The Morgan fingerprint density at radius 2 is 1.58 bits per heavy atom. The van der Waals surface area contributed by atoms with Crippen molar-refractivity contribution in [2.45, 2.75) is 12.5 Å². The first kappa shape index (κ1) is 16.5. The molecule has 2 aromatic carbocycles. The first-order valence-electron chi connectivity index (χ1n) is 8.07. The van der Waals surface area contributed by atoms with E-state index in [0.717, 1.165) is 5.56 Å². The van der Waals surface area contributed by atoms with Crippen LogP contribution in [0.4, 0.5) is 10.1 Å². The van der Waals surface area contributed by atoms with Gasteiger partial charge in [-0.25, -0.2) is 9.18 Å². The van der Waals surface area contributed by atoms with Crippen LogP contribution in [-0.4, -0.2) is 42.2 Å². The summed E-state index contributed by atoms with van der Waals surface area (Å²) in [6, 6.07) is 16.0. The number of carboxylic acids is 1. The molecule has 0 bridgehead atoms. The third-order valence-corrected chi connectivity index (χ3v) is 4.86. The molecule has 0 spiro atoms. The molecule has 1 aliphatic rings. The number of benzene rings is 2. The van der Waals surface area contributed by atoms with E-state index in [9.17, 15) is 14.3 Å². The van der Waals surface area contributed by atoms with Crippen LogP contribution in [-0.2, 0) is 10.3 Å². The van der Waals surface area contributed by atoms with Crippen LogP contribution in [0.5, 0.6) is 0 Å². The van der Waals surface area contributed by atoms with E-state index in [0.29, 0.717) is 31.9 Å². The van der Waals surface area contributed by atoms with Crippen molar-refractivity contribution in [1.29, 1.82) is 0 Å². The Labute approximate surface area is 141 Å². The van der Waals surface area contributed by atoms with Gasteiger partial charge in [-0.2, -0.15) is 0 Å². The van der Waals surface area contributed by atoms with E-state index < -0.39 is 11.5 Å². The van der Waals surface area contributed by atoms with Gasteiger partial charge in [0.15, 0.2) is 0 Å². The van der Waals surface area contributed by atoms with E-state index in [1.54, 1.807) is 19.1 Å². The lowest BCUT2D eigenvalue weighted by atomic mass is 9.89. The number of halogens is 1. The summed E-state index contributed by atoms with van der Waals surface area (Å²) in [5, 5.41) is 9.85. The number of hydrogen-bond acceptors (Lipinski definition) is 3. The van der Waals surface area contributed by atoms with Crippen molar-refractivity contribution in [3.05, 3.63) is 66.0 Å². The first-order valence-corrected chi connectivity index (χ1v) is 8.07. The van der Waals surface area contributed by atoms with Gasteiger partial charge in [0.05, 0.1) is 5.69 Å². The summed E-state index contributed by atoms with van der Waals surface area (Å²) in [5.74, 6) is -1.11. The Kier molecular flexibility index (Phi) is 4.53. The molecule has 0 amide bonds. The minimum absolute atomic E-state index is 0.241. The molecule has 0 aliphatic carbocycles. The second-order valence-corrected chi connectivity index (χ2v) is 6.17. The van der Waals surface area contributed by atoms with Crippen LogP contribution in [0.25, 0.3) is 0 Å². The van der Waals surface area contributed by atoms with Crippen LogP contribution in [0.2, 0.25) is 0 Å². The summed E-state index contributed by atoms with van der Waals surface area (Å²) in [5.41, 5.74) is 0.258. The van der Waals surface area contributed by atoms with Crippen molar-refractivity contribution in [1.82, 2.24) is 4.90 Å². The third kappa shape index (κ3) is 2.87. The summed E-state index contributed by atoms with van der Waals surface area (Å²) in [6.45, 7) is 4.05. The lowest BCUT2D eigenvalue weighted by Gasteiger charge is -2.44. The van der Waals surface area contributed by atoms with E-state index in [1.165, 1.54) is 6.07 Å². The van der Waals surface area contributed by atoms with Gasteiger partial charge in [0.2, 0.25) is 0 Å². The molecule has 1 heterocycles. The fraction of sp³-hybridized carbons (Fsp3) is 0.316. The highest BCUT2D eigenvalue weighted by Crippen LogP contribution is 2.31. The largest absolute Gasteiger partial charge is 0.480 e. The number of aliphatic carboxylic acids is 1. The van der Waals surface area contributed by atoms with E-state index in [4.69, 9.17) is 0 Å². The van der Waals surface area contributed by atoms with Crippen LogP contribution in [0, 0.1) is 5.82 Å². The van der Waals surface area contributed by atoms with Crippen molar-refractivity contribution in [2.75, 3.05) is 31.1 Å². The van der Waals surface area contributed by atoms with Crippen LogP contribution in [0.15, 0.2) is 54.6 Å². The van der Waals surface area contributed by atoms with Gasteiger partial charge in [0, 0.05) is 26.2 Å². The van der Waals surface area contributed by atoms with E-state index in [-0.39, 0.29) is 5.82 Å². The topological polar surface area (TPSA) is 43.8 Å². The Balaban J connectivity index is 1.80. The zero-order chi connectivity index (χ0) is 17.2. The molecule has 0 radical (unpaired) electrons. The summed E-state index contributed by atoms with van der Waals surface area (Å²) in [4.78, 5) is 15.9. The van der Waals surface area contributed by atoms with Gasteiger partial charge in [-0.05, 0) is 24.6 Å². The monoisotopic (exact) mass is 328 g/mol. The van der Waals surface area contributed by atoms with Crippen molar-refractivity contribution >= 4 is 11.7 Å². The van der Waals surface area contributed by atoms with Crippen LogP contribution in [0.3, 0.4) is 0 Å². The van der Waals surface area contributed by atoms with Crippen molar-refractivity contribution < 1.29 is 14.3 Å². The second kappa shape index (κ2) is 6.61. The molecule has 3 rings (SSSR count). The lowest BCUT2D eigenvalue weighted by Crippen LogP contribution is -2.57. The number of carbonyl (C=O) groups is 1. The lowest BCUT2D eigenvalue weighted by molar-refractivity contribution is -0.151. The molecule has 126 valence electrons. The van der Waals surface area contributed by atoms with Crippen LogP contribution in [0.1, 0.15) is 12.5 Å². The third-order valence-electron chi connectivity index (χ3n) is 4.86. The average molecular weight is 328 g/mol. The molecule has 1 fully saturated rings. The molecular formula is C19H21FN2O2. The summed E-state index contributed by atoms with van der Waals surface area (Å²) < 4.78 is 13.9. The van der Waals surface area contributed by atoms with Gasteiger partial charge >= 0.3 is 5.97 Å². The maximum absolute atomic E-state index is 13.9. The molecule has 1 saturated heterocycles. The Morgan fingerprint density at radius 1 is 1.00 bits per heavy atom. The van der Waals surface area contributed by atoms with Gasteiger partial charge in [-0.1, -0.05) is 42.5 Å². The smallest absolute Gasteiger partial charge is 0.328 e. The minimum atomic E-state index is -1.08. The highest BCUT2D eigenvalue weighted by Gasteiger charge is 2.42. The fourth-order valence-corrected chi connectivity index (χ4v) is 3.31. The molecule has 0 aromatic heterocycles. The minimum Gasteiger partial charge on any atom is -0.480 e. The maximum atomic E-state index is 13.9. The van der Waals surface area contributed by atoms with Gasteiger partial charge in [-0.3, -0.25) is 4.90 Å². The SMILES string of the molecule is CC(C(=O)O)(c1ccccc1)N1CCN(c2ccccc2F)CC1. The number of rotatable bonds is 4. The summed E-state index contributed by atoms with van der Waals surface area (Å²) in [7, 11) is 0. The molecular weight excluding hydrogens is 307 g/mol. The van der Waals surface area contributed by atoms with Gasteiger partial charge < -0.3 is 10.0 Å². The number of nitrogens with zero attached hydrogens (tertiary/aromatic N) is 2. The predicted molar refractivity (Wildman–Crippen MR) is 91.6 cm³/mol. The molecule has 0 saturated carbocycles. The first-order chi connectivity index (χ1) is 11.5. The fourth-order valence-electron chi connectivity index (χ4n) is 3.31. The highest BCUT2D eigenvalue weighted by molar-refractivity contribution is 5.80. The predicted octanol–water partition coefficient (Wildman–Crippen LogP) is 2.95. The highest BCUT2D eigenvalue weighted by atomic mass is 19.1.